The topological polar surface area (TPSA) is 85.0 Å². The van der Waals surface area contributed by atoms with Crippen LogP contribution in [0.4, 0.5) is 5.69 Å². The molecule has 2 atom stereocenters. The minimum Gasteiger partial charge on any atom is -0.367 e. The van der Waals surface area contributed by atoms with Crippen LogP contribution in [0.3, 0.4) is 0 Å². The third kappa shape index (κ3) is 8.06. The first-order valence-corrected chi connectivity index (χ1v) is 17.0. The average Bonchev–Trinajstić information content (AvgIpc) is 3.14. The summed E-state index contributed by atoms with van der Waals surface area (Å²) in [6, 6.07) is 32.2. The van der Waals surface area contributed by atoms with Gasteiger partial charge in [0.1, 0.15) is 6.04 Å². The number of rotatable bonds is 10. The summed E-state index contributed by atoms with van der Waals surface area (Å²) in [5, 5.41) is 7.05. The Balaban J connectivity index is 1.11. The molecule has 0 spiro atoms. The van der Waals surface area contributed by atoms with E-state index in [9.17, 15) is 14.4 Å². The Morgan fingerprint density at radius 2 is 1.50 bits per heavy atom. The van der Waals surface area contributed by atoms with E-state index < -0.39 is 12.1 Å². The number of fused-ring (bicyclic) bond motifs is 1. The van der Waals surface area contributed by atoms with Gasteiger partial charge in [0.2, 0.25) is 11.8 Å². The monoisotopic (exact) mass is 663 g/mol. The van der Waals surface area contributed by atoms with Crippen LogP contribution in [0.2, 0.25) is 5.02 Å². The van der Waals surface area contributed by atoms with Crippen LogP contribution in [-0.4, -0.2) is 79.4 Å². The fourth-order valence-electron chi connectivity index (χ4n) is 6.54. The van der Waals surface area contributed by atoms with Crippen LogP contribution in [0.1, 0.15) is 32.6 Å². The van der Waals surface area contributed by atoms with Gasteiger partial charge >= 0.3 is 0 Å². The Bertz CT molecular complexity index is 1720. The van der Waals surface area contributed by atoms with Gasteiger partial charge in [-0.2, -0.15) is 0 Å². The number of likely N-dealkylation sites (N-methyl/N-ethyl adjacent to an activating group) is 1. The molecule has 4 aromatic carbocycles. The Labute approximate surface area is 287 Å². The van der Waals surface area contributed by atoms with Gasteiger partial charge in [-0.15, -0.1) is 0 Å². The zero-order chi connectivity index (χ0) is 33.5. The number of anilines is 1. The summed E-state index contributed by atoms with van der Waals surface area (Å²) in [5.41, 5.74) is 5.97. The van der Waals surface area contributed by atoms with E-state index in [1.54, 1.807) is 17.0 Å². The molecular formula is C39H42ClN5O3. The minimum absolute atomic E-state index is 0.0234. The first-order chi connectivity index (χ1) is 23.4. The van der Waals surface area contributed by atoms with Crippen LogP contribution in [-0.2, 0) is 35.4 Å². The second kappa shape index (κ2) is 15.5. The van der Waals surface area contributed by atoms with Gasteiger partial charge in [-0.3, -0.25) is 14.4 Å². The molecule has 0 aromatic heterocycles. The van der Waals surface area contributed by atoms with E-state index in [1.165, 1.54) is 11.1 Å². The molecule has 1 saturated heterocycles. The molecule has 6 rings (SSSR count). The smallest absolute Gasteiger partial charge is 0.255 e. The molecule has 4 aromatic rings. The molecule has 1 fully saturated rings. The van der Waals surface area contributed by atoms with Crippen LogP contribution in [0.5, 0.6) is 0 Å². The summed E-state index contributed by atoms with van der Waals surface area (Å²) < 4.78 is 0. The van der Waals surface area contributed by atoms with Gasteiger partial charge in [0.15, 0.2) is 0 Å². The van der Waals surface area contributed by atoms with Crippen molar-refractivity contribution >= 4 is 35.0 Å². The van der Waals surface area contributed by atoms with Crippen LogP contribution in [0.25, 0.3) is 0 Å². The first kappa shape index (κ1) is 33.2. The molecule has 48 heavy (non-hydrogen) atoms. The lowest BCUT2D eigenvalue weighted by atomic mass is 9.95. The van der Waals surface area contributed by atoms with Gasteiger partial charge in [0.25, 0.3) is 5.91 Å². The quantitative estimate of drug-likeness (QED) is 0.256. The Kier molecular flexibility index (Phi) is 10.7. The van der Waals surface area contributed by atoms with Crippen molar-refractivity contribution in [3.05, 3.63) is 136 Å². The molecule has 0 radical (unpaired) electrons. The molecule has 9 heteroatoms. The number of hydrogen-bond acceptors (Lipinski definition) is 5. The highest BCUT2D eigenvalue weighted by molar-refractivity contribution is 6.30. The van der Waals surface area contributed by atoms with E-state index in [1.807, 2.05) is 78.7 Å². The average molecular weight is 664 g/mol. The van der Waals surface area contributed by atoms with Crippen molar-refractivity contribution in [1.29, 1.82) is 0 Å². The van der Waals surface area contributed by atoms with Gasteiger partial charge in [0, 0.05) is 63.4 Å². The highest BCUT2D eigenvalue weighted by Gasteiger charge is 2.33. The van der Waals surface area contributed by atoms with Gasteiger partial charge in [-0.25, -0.2) is 0 Å². The number of hydrogen-bond donors (Lipinski definition) is 2. The Morgan fingerprint density at radius 3 is 2.25 bits per heavy atom. The first-order valence-electron chi connectivity index (χ1n) is 16.6. The van der Waals surface area contributed by atoms with Gasteiger partial charge in [-0.1, -0.05) is 90.5 Å². The zero-order valence-corrected chi connectivity index (χ0v) is 28.0. The molecule has 0 saturated carbocycles. The molecule has 2 heterocycles. The summed E-state index contributed by atoms with van der Waals surface area (Å²) in [6.45, 7) is 3.33. The molecule has 2 aliphatic rings. The predicted octanol–water partition coefficient (Wildman–Crippen LogP) is 4.75. The second-order valence-electron chi connectivity index (χ2n) is 12.6. The van der Waals surface area contributed by atoms with E-state index in [0.29, 0.717) is 62.7 Å². The van der Waals surface area contributed by atoms with E-state index in [4.69, 9.17) is 11.6 Å². The maximum Gasteiger partial charge on any atom is 0.255 e. The summed E-state index contributed by atoms with van der Waals surface area (Å²) in [4.78, 5) is 47.0. The van der Waals surface area contributed by atoms with Crippen molar-refractivity contribution in [3.63, 3.8) is 0 Å². The van der Waals surface area contributed by atoms with Crippen molar-refractivity contribution in [1.82, 2.24) is 20.4 Å². The largest absolute Gasteiger partial charge is 0.367 e. The SMILES string of the molecule is CN(CCc1ccccc1)C(=O)c1ccccc1N1CCN(C(=O)[C@@H](Cc2ccc(Cl)cc2)NC(=O)[C@@H]2Cc3ccccc3CN2)CC1. The minimum atomic E-state index is -0.726. The number of nitrogens with zero attached hydrogens (tertiary/aromatic N) is 3. The number of carbonyl (C=O) groups is 3. The van der Waals surface area contributed by atoms with E-state index >= 15 is 0 Å². The third-order valence-corrected chi connectivity index (χ3v) is 9.61. The van der Waals surface area contributed by atoms with Crippen molar-refractivity contribution in [2.75, 3.05) is 44.7 Å². The third-order valence-electron chi connectivity index (χ3n) is 9.36. The number of amides is 3. The predicted molar refractivity (Wildman–Crippen MR) is 190 cm³/mol. The molecule has 0 unspecified atom stereocenters. The molecule has 2 N–H and O–H groups in total. The number of halogens is 1. The lowest BCUT2D eigenvalue weighted by Crippen LogP contribution is -2.58. The molecule has 248 valence electrons. The van der Waals surface area contributed by atoms with Gasteiger partial charge < -0.3 is 25.3 Å². The molecule has 8 nitrogen and oxygen atoms in total. The van der Waals surface area contributed by atoms with E-state index in [0.717, 1.165) is 23.2 Å². The molecular weight excluding hydrogens is 622 g/mol. The van der Waals surface area contributed by atoms with Crippen LogP contribution in [0.15, 0.2) is 103 Å². The fourth-order valence-corrected chi connectivity index (χ4v) is 6.66. The number of para-hydroxylation sites is 1. The summed E-state index contributed by atoms with van der Waals surface area (Å²) >= 11 is 6.13. The fraction of sp³-hybridized carbons (Fsp3) is 0.308. The Hall–Kier alpha value is -4.66. The Morgan fingerprint density at radius 1 is 0.833 bits per heavy atom. The van der Waals surface area contributed by atoms with Crippen LogP contribution < -0.4 is 15.5 Å². The summed E-state index contributed by atoms with van der Waals surface area (Å²) in [6.07, 6.45) is 1.71. The van der Waals surface area contributed by atoms with E-state index in [2.05, 4.69) is 39.8 Å². The highest BCUT2D eigenvalue weighted by Crippen LogP contribution is 2.24. The van der Waals surface area contributed by atoms with E-state index in [-0.39, 0.29) is 17.7 Å². The lowest BCUT2D eigenvalue weighted by molar-refractivity contribution is -0.137. The number of benzene rings is 4. The molecule has 2 aliphatic heterocycles. The molecule has 3 amide bonds. The summed E-state index contributed by atoms with van der Waals surface area (Å²) in [7, 11) is 1.84. The number of carbonyl (C=O) groups excluding carboxylic acids is 3. The molecule has 0 aliphatic carbocycles. The number of nitrogens with one attached hydrogen (secondary N) is 2. The van der Waals surface area contributed by atoms with Gasteiger partial charge in [0.05, 0.1) is 11.6 Å². The summed E-state index contributed by atoms with van der Waals surface area (Å²) in [5.74, 6) is -0.317. The van der Waals surface area contributed by atoms with Crippen LogP contribution >= 0.6 is 11.6 Å². The van der Waals surface area contributed by atoms with Crippen molar-refractivity contribution in [2.24, 2.45) is 0 Å². The standard InChI is InChI=1S/C39H42ClN5O3/c1-43(20-19-28-9-3-2-4-10-28)38(47)33-13-7-8-14-36(33)44-21-23-45(24-22-44)39(48)35(25-29-15-17-32(40)18-16-29)42-37(46)34-26-30-11-5-6-12-31(30)27-41-34/h2-18,34-35,41H,19-27H2,1H3,(H,42,46)/t34-,35+/m0/s1. The van der Waals surface area contributed by atoms with Crippen molar-refractivity contribution in [3.8, 4) is 0 Å². The zero-order valence-electron chi connectivity index (χ0n) is 27.3. The van der Waals surface area contributed by atoms with Crippen LogP contribution in [0, 0.1) is 0 Å². The maximum absolute atomic E-state index is 14.1. The van der Waals surface area contributed by atoms with Crippen molar-refractivity contribution in [2.45, 2.75) is 37.9 Å². The lowest BCUT2D eigenvalue weighted by Gasteiger charge is -2.38. The molecule has 0 bridgehead atoms. The normalized spacial score (nSPS) is 16.5. The second-order valence-corrected chi connectivity index (χ2v) is 13.0. The maximum atomic E-state index is 14.1. The highest BCUT2D eigenvalue weighted by atomic mass is 35.5. The van der Waals surface area contributed by atoms with Gasteiger partial charge in [-0.05, 0) is 59.4 Å². The van der Waals surface area contributed by atoms with Crippen molar-refractivity contribution < 1.29 is 14.4 Å². The number of piperazine rings is 1.